The third kappa shape index (κ3) is 5.43. The van der Waals surface area contributed by atoms with Gasteiger partial charge >= 0.3 is 0 Å². The topological polar surface area (TPSA) is 71.5 Å². The molecule has 0 saturated carbocycles. The number of methoxy groups -OCH3 is 1. The van der Waals surface area contributed by atoms with Crippen LogP contribution in [-0.2, 0) is 9.53 Å². The molecule has 1 aromatic heterocycles. The van der Waals surface area contributed by atoms with Crippen LogP contribution in [0.15, 0.2) is 18.3 Å². The van der Waals surface area contributed by atoms with Gasteiger partial charge in [-0.05, 0) is 18.6 Å². The summed E-state index contributed by atoms with van der Waals surface area (Å²) in [7, 11) is 1.60. The van der Waals surface area contributed by atoms with Gasteiger partial charge in [0.1, 0.15) is 12.4 Å². The highest BCUT2D eigenvalue weighted by atomic mass is 16.5. The summed E-state index contributed by atoms with van der Waals surface area (Å²) in [6.45, 7) is 0.365. The molecule has 5 nitrogen and oxygen atoms in total. The first-order chi connectivity index (χ1) is 8.76. The van der Waals surface area contributed by atoms with Crippen molar-refractivity contribution >= 4 is 11.7 Å². The molecule has 0 aliphatic heterocycles. The number of rotatable bonds is 5. The first-order valence-corrected chi connectivity index (χ1v) is 5.61. The fourth-order valence-electron chi connectivity index (χ4n) is 1.30. The van der Waals surface area contributed by atoms with E-state index in [0.29, 0.717) is 30.8 Å². The average molecular weight is 248 g/mol. The van der Waals surface area contributed by atoms with Crippen LogP contribution < -0.4 is 5.32 Å². The molecule has 0 aliphatic carbocycles. The van der Waals surface area contributed by atoms with E-state index in [2.05, 4.69) is 22.1 Å². The van der Waals surface area contributed by atoms with Crippen molar-refractivity contribution in [3.8, 4) is 11.8 Å². The number of carbonyl (C=O) groups excluding carboxylic acids is 1. The van der Waals surface area contributed by atoms with Crippen LogP contribution in [0.4, 0.5) is 5.82 Å². The lowest BCUT2D eigenvalue weighted by molar-refractivity contribution is -0.116. The highest BCUT2D eigenvalue weighted by Gasteiger charge is 2.03. The molecule has 0 radical (unpaired) electrons. The van der Waals surface area contributed by atoms with Crippen LogP contribution in [0.2, 0.25) is 0 Å². The van der Waals surface area contributed by atoms with Crippen LogP contribution in [0.3, 0.4) is 0 Å². The van der Waals surface area contributed by atoms with Crippen molar-refractivity contribution in [1.29, 1.82) is 0 Å². The van der Waals surface area contributed by atoms with Crippen LogP contribution in [0.5, 0.6) is 0 Å². The summed E-state index contributed by atoms with van der Waals surface area (Å²) in [6.07, 6.45) is 2.63. The van der Waals surface area contributed by atoms with E-state index in [4.69, 9.17) is 9.84 Å². The van der Waals surface area contributed by atoms with Crippen LogP contribution in [-0.4, -0.2) is 36.3 Å². The first kappa shape index (κ1) is 14.2. The Bertz CT molecular complexity index is 449. The number of aliphatic hydroxyl groups excluding tert-OH is 1. The van der Waals surface area contributed by atoms with Gasteiger partial charge in [0.05, 0.1) is 0 Å². The zero-order valence-corrected chi connectivity index (χ0v) is 10.3. The molecule has 0 atom stereocenters. The van der Waals surface area contributed by atoms with Gasteiger partial charge in [-0.15, -0.1) is 0 Å². The van der Waals surface area contributed by atoms with E-state index in [0.717, 1.165) is 0 Å². The molecule has 96 valence electrons. The lowest BCUT2D eigenvalue weighted by Crippen LogP contribution is -2.13. The smallest absolute Gasteiger partial charge is 0.225 e. The quantitative estimate of drug-likeness (QED) is 0.597. The maximum absolute atomic E-state index is 11.5. The van der Waals surface area contributed by atoms with E-state index in [-0.39, 0.29) is 12.5 Å². The highest BCUT2D eigenvalue weighted by molar-refractivity contribution is 5.89. The van der Waals surface area contributed by atoms with Gasteiger partial charge in [-0.25, -0.2) is 4.98 Å². The zero-order chi connectivity index (χ0) is 13.2. The summed E-state index contributed by atoms with van der Waals surface area (Å²) >= 11 is 0. The van der Waals surface area contributed by atoms with E-state index in [1.807, 2.05) is 0 Å². The summed E-state index contributed by atoms with van der Waals surface area (Å²) < 4.78 is 4.87. The summed E-state index contributed by atoms with van der Waals surface area (Å²) in [5, 5.41) is 11.3. The lowest BCUT2D eigenvalue weighted by Gasteiger charge is -2.04. The second kappa shape index (κ2) is 8.23. The van der Waals surface area contributed by atoms with Crippen molar-refractivity contribution in [2.75, 3.05) is 25.6 Å². The minimum absolute atomic E-state index is 0.105. The number of hydrogen-bond donors (Lipinski definition) is 2. The second-order valence-corrected chi connectivity index (χ2v) is 3.53. The number of anilines is 1. The molecule has 0 bridgehead atoms. The fraction of sp³-hybridized carbons (Fsp3) is 0.385. The number of aromatic nitrogens is 1. The summed E-state index contributed by atoms with van der Waals surface area (Å²) in [5.41, 5.74) is 0.700. The molecule has 0 spiro atoms. The van der Waals surface area contributed by atoms with E-state index in [1.54, 1.807) is 25.4 Å². The van der Waals surface area contributed by atoms with Crippen LogP contribution in [0, 0.1) is 11.8 Å². The molecule has 0 aliphatic rings. The third-order valence-corrected chi connectivity index (χ3v) is 2.09. The number of nitrogens with zero attached hydrogens (tertiary/aromatic N) is 1. The molecule has 0 saturated heterocycles. The van der Waals surface area contributed by atoms with Gasteiger partial charge in [0, 0.05) is 31.9 Å². The maximum Gasteiger partial charge on any atom is 0.225 e. The number of amides is 1. The highest BCUT2D eigenvalue weighted by Crippen LogP contribution is 2.06. The van der Waals surface area contributed by atoms with Crippen molar-refractivity contribution in [1.82, 2.24) is 4.98 Å². The standard InChI is InChI=1S/C13H16N2O3/c1-18-9-3-5-13(17)15-12-10-11(4-2-8-16)6-7-14-12/h6-7,10,16H,3,5,8-9H2,1H3,(H,14,15,17). The van der Waals surface area contributed by atoms with Crippen molar-refractivity contribution < 1.29 is 14.6 Å². The fourth-order valence-corrected chi connectivity index (χ4v) is 1.30. The first-order valence-electron chi connectivity index (χ1n) is 5.61. The lowest BCUT2D eigenvalue weighted by atomic mass is 10.2. The number of nitrogens with one attached hydrogen (secondary N) is 1. The molecule has 18 heavy (non-hydrogen) atoms. The van der Waals surface area contributed by atoms with Crippen LogP contribution in [0.1, 0.15) is 18.4 Å². The molecule has 1 rings (SSSR count). The molecule has 0 unspecified atom stereocenters. The van der Waals surface area contributed by atoms with E-state index >= 15 is 0 Å². The van der Waals surface area contributed by atoms with Gasteiger partial charge in [0.25, 0.3) is 0 Å². The Morgan fingerprint density at radius 1 is 1.61 bits per heavy atom. The second-order valence-electron chi connectivity index (χ2n) is 3.53. The molecular weight excluding hydrogens is 232 g/mol. The average Bonchev–Trinajstić information content (AvgIpc) is 2.37. The molecule has 2 N–H and O–H groups in total. The Labute approximate surface area is 106 Å². The Morgan fingerprint density at radius 3 is 3.17 bits per heavy atom. The van der Waals surface area contributed by atoms with Crippen LogP contribution >= 0.6 is 0 Å². The minimum Gasteiger partial charge on any atom is -0.385 e. The minimum atomic E-state index is -0.193. The Morgan fingerprint density at radius 2 is 2.44 bits per heavy atom. The SMILES string of the molecule is COCCCC(=O)Nc1cc(C#CCO)ccn1. The van der Waals surface area contributed by atoms with Gasteiger partial charge in [-0.2, -0.15) is 0 Å². The Hall–Kier alpha value is -1.90. The predicted octanol–water partition coefficient (Wildman–Crippen LogP) is 0.790. The Kier molecular flexibility index (Phi) is 6.47. The summed E-state index contributed by atoms with van der Waals surface area (Å²) in [4.78, 5) is 15.6. The van der Waals surface area contributed by atoms with Crippen molar-refractivity contribution in [3.05, 3.63) is 23.9 Å². The number of pyridine rings is 1. The number of carbonyl (C=O) groups is 1. The molecular formula is C13H16N2O3. The number of aliphatic hydroxyl groups is 1. The molecule has 1 heterocycles. The molecule has 1 aromatic rings. The molecule has 1 amide bonds. The van der Waals surface area contributed by atoms with Crippen molar-refractivity contribution in [3.63, 3.8) is 0 Å². The Balaban J connectivity index is 2.53. The molecule has 0 aromatic carbocycles. The normalized spacial score (nSPS) is 9.44. The van der Waals surface area contributed by atoms with Gasteiger partial charge < -0.3 is 15.2 Å². The van der Waals surface area contributed by atoms with Gasteiger partial charge in [-0.1, -0.05) is 11.8 Å². The van der Waals surface area contributed by atoms with E-state index in [9.17, 15) is 4.79 Å². The van der Waals surface area contributed by atoms with Gasteiger partial charge in [0.15, 0.2) is 0 Å². The summed E-state index contributed by atoms with van der Waals surface area (Å²) in [5.74, 6) is 5.64. The van der Waals surface area contributed by atoms with Crippen molar-refractivity contribution in [2.24, 2.45) is 0 Å². The van der Waals surface area contributed by atoms with Gasteiger partial charge in [-0.3, -0.25) is 4.79 Å². The molecule has 0 fully saturated rings. The monoisotopic (exact) mass is 248 g/mol. The third-order valence-electron chi connectivity index (χ3n) is 2.09. The van der Waals surface area contributed by atoms with Gasteiger partial charge in [0.2, 0.25) is 5.91 Å². The predicted molar refractivity (Wildman–Crippen MR) is 67.9 cm³/mol. The maximum atomic E-state index is 11.5. The zero-order valence-electron chi connectivity index (χ0n) is 10.3. The van der Waals surface area contributed by atoms with Crippen molar-refractivity contribution in [2.45, 2.75) is 12.8 Å². The largest absolute Gasteiger partial charge is 0.385 e. The van der Waals surface area contributed by atoms with E-state index in [1.165, 1.54) is 0 Å². The number of ether oxygens (including phenoxy) is 1. The number of hydrogen-bond acceptors (Lipinski definition) is 4. The van der Waals surface area contributed by atoms with E-state index < -0.39 is 0 Å². The summed E-state index contributed by atoms with van der Waals surface area (Å²) in [6, 6.07) is 3.38. The van der Waals surface area contributed by atoms with Crippen LogP contribution in [0.25, 0.3) is 0 Å². The molecule has 5 heteroatoms.